The second-order valence-electron chi connectivity index (χ2n) is 7.73. The van der Waals surface area contributed by atoms with Crippen molar-refractivity contribution < 1.29 is 14.3 Å². The number of hydrogen-bond acceptors (Lipinski definition) is 4. The molecular weight excluding hydrogens is 390 g/mol. The zero-order valence-corrected chi connectivity index (χ0v) is 17.3. The summed E-state index contributed by atoms with van der Waals surface area (Å²) in [4.78, 5) is 17.6. The lowest BCUT2D eigenvalue weighted by Crippen LogP contribution is -2.27. The molecule has 0 atom stereocenters. The van der Waals surface area contributed by atoms with Crippen LogP contribution in [0.25, 0.3) is 11.0 Å². The molecule has 31 heavy (non-hydrogen) atoms. The second kappa shape index (κ2) is 8.14. The molecule has 0 saturated carbocycles. The van der Waals surface area contributed by atoms with Crippen molar-refractivity contribution >= 4 is 16.9 Å². The molecule has 1 aliphatic rings. The van der Waals surface area contributed by atoms with E-state index in [0.717, 1.165) is 28.2 Å². The molecule has 0 bridgehead atoms. The molecule has 0 spiro atoms. The van der Waals surface area contributed by atoms with Crippen LogP contribution in [-0.4, -0.2) is 22.3 Å². The number of ether oxygens (including phenoxy) is 2. The Balaban J connectivity index is 1.34. The minimum absolute atomic E-state index is 0.0636. The van der Waals surface area contributed by atoms with E-state index in [9.17, 15) is 4.79 Å². The third-order valence-corrected chi connectivity index (χ3v) is 5.41. The number of aromatic nitrogens is 2. The number of rotatable bonds is 6. The number of imidazole rings is 1. The highest BCUT2D eigenvalue weighted by molar-refractivity contribution is 5.81. The molecule has 0 fully saturated rings. The number of nitrogens with zero attached hydrogens (tertiary/aromatic N) is 2. The van der Waals surface area contributed by atoms with E-state index in [2.05, 4.69) is 36.5 Å². The number of amides is 1. The van der Waals surface area contributed by atoms with Gasteiger partial charge in [0.25, 0.3) is 0 Å². The van der Waals surface area contributed by atoms with Crippen LogP contribution in [0.1, 0.15) is 22.5 Å². The summed E-state index contributed by atoms with van der Waals surface area (Å²) in [6, 6.07) is 22.0. The summed E-state index contributed by atoms with van der Waals surface area (Å²) in [6.45, 7) is 2.96. The van der Waals surface area contributed by atoms with Crippen molar-refractivity contribution in [3.8, 4) is 11.5 Å². The molecule has 0 aliphatic carbocycles. The van der Waals surface area contributed by atoms with Crippen molar-refractivity contribution in [2.24, 2.45) is 0 Å². The smallest absolute Gasteiger partial charge is 0.240 e. The van der Waals surface area contributed by atoms with Gasteiger partial charge in [0.05, 0.1) is 11.0 Å². The van der Waals surface area contributed by atoms with E-state index in [1.54, 1.807) is 0 Å². The van der Waals surface area contributed by atoms with Crippen LogP contribution < -0.4 is 14.8 Å². The number of carbonyl (C=O) groups excluding carboxylic acids is 1. The second-order valence-corrected chi connectivity index (χ2v) is 7.73. The van der Waals surface area contributed by atoms with E-state index in [1.165, 1.54) is 11.1 Å². The maximum absolute atomic E-state index is 12.8. The molecule has 0 unspecified atom stereocenters. The summed E-state index contributed by atoms with van der Waals surface area (Å²) in [5.41, 5.74) is 5.21. The first kappa shape index (κ1) is 19.2. The first-order chi connectivity index (χ1) is 15.2. The molecule has 1 N–H and O–H groups in total. The maximum Gasteiger partial charge on any atom is 0.240 e. The lowest BCUT2D eigenvalue weighted by molar-refractivity contribution is -0.121. The van der Waals surface area contributed by atoms with Gasteiger partial charge in [-0.15, -0.1) is 0 Å². The third-order valence-electron chi connectivity index (χ3n) is 5.41. The van der Waals surface area contributed by atoms with Gasteiger partial charge < -0.3 is 19.4 Å². The molecule has 1 amide bonds. The van der Waals surface area contributed by atoms with Gasteiger partial charge in [-0.1, -0.05) is 48.0 Å². The molecule has 4 aromatic rings. The molecule has 1 aromatic heterocycles. The number of aryl methyl sites for hydroxylation is 1. The van der Waals surface area contributed by atoms with Gasteiger partial charge in [0.2, 0.25) is 12.7 Å². The van der Waals surface area contributed by atoms with Gasteiger partial charge in [0.1, 0.15) is 12.4 Å². The number of hydrogen-bond donors (Lipinski definition) is 1. The van der Waals surface area contributed by atoms with Crippen molar-refractivity contribution in [2.45, 2.75) is 26.4 Å². The fourth-order valence-corrected chi connectivity index (χ4v) is 3.89. The Kier molecular flexibility index (Phi) is 5.04. The Morgan fingerprint density at radius 3 is 2.77 bits per heavy atom. The Morgan fingerprint density at radius 1 is 1.00 bits per heavy atom. The van der Waals surface area contributed by atoms with Crippen LogP contribution in [0.3, 0.4) is 0 Å². The SMILES string of the molecule is Cc1cccc(Cc2nc3ccccc3n2CC(=O)NCc2ccc3c(c2)OCO3)c1. The standard InChI is InChI=1S/C25H23N3O3/c1-17-5-4-6-18(11-17)13-24-27-20-7-2-3-8-21(20)28(24)15-25(29)26-14-19-9-10-22-23(12-19)31-16-30-22/h2-12H,13-16H2,1H3,(H,26,29). The number of carbonyl (C=O) groups is 1. The van der Waals surface area contributed by atoms with Gasteiger partial charge in [0, 0.05) is 13.0 Å². The summed E-state index contributed by atoms with van der Waals surface area (Å²) in [7, 11) is 0. The van der Waals surface area contributed by atoms with E-state index in [0.29, 0.717) is 18.7 Å². The normalized spacial score (nSPS) is 12.3. The first-order valence-electron chi connectivity index (χ1n) is 10.3. The summed E-state index contributed by atoms with van der Waals surface area (Å²) >= 11 is 0. The molecule has 0 radical (unpaired) electrons. The summed E-state index contributed by atoms with van der Waals surface area (Å²) in [6.07, 6.45) is 0.672. The summed E-state index contributed by atoms with van der Waals surface area (Å²) in [5.74, 6) is 2.27. The van der Waals surface area contributed by atoms with Crippen LogP contribution in [0.2, 0.25) is 0 Å². The predicted molar refractivity (Wildman–Crippen MR) is 118 cm³/mol. The van der Waals surface area contributed by atoms with Crippen LogP contribution in [0.15, 0.2) is 66.7 Å². The Bertz CT molecular complexity index is 1260. The zero-order valence-electron chi connectivity index (χ0n) is 17.3. The average molecular weight is 413 g/mol. The van der Waals surface area contributed by atoms with E-state index in [4.69, 9.17) is 14.5 Å². The van der Waals surface area contributed by atoms with Crippen LogP contribution in [0.5, 0.6) is 11.5 Å². The first-order valence-corrected chi connectivity index (χ1v) is 10.3. The van der Waals surface area contributed by atoms with Crippen molar-refractivity contribution in [3.63, 3.8) is 0 Å². The molecule has 2 heterocycles. The zero-order chi connectivity index (χ0) is 21.2. The van der Waals surface area contributed by atoms with E-state index >= 15 is 0 Å². The van der Waals surface area contributed by atoms with Gasteiger partial charge >= 0.3 is 0 Å². The van der Waals surface area contributed by atoms with Crippen LogP contribution in [0, 0.1) is 6.92 Å². The predicted octanol–water partition coefficient (Wildman–Crippen LogP) is 3.98. The van der Waals surface area contributed by atoms with Crippen LogP contribution in [0.4, 0.5) is 0 Å². The minimum atomic E-state index is -0.0636. The van der Waals surface area contributed by atoms with E-state index in [1.807, 2.05) is 47.0 Å². The molecule has 156 valence electrons. The molecule has 1 aliphatic heterocycles. The third kappa shape index (κ3) is 4.10. The highest BCUT2D eigenvalue weighted by Crippen LogP contribution is 2.32. The molecule has 3 aromatic carbocycles. The quantitative estimate of drug-likeness (QED) is 0.519. The largest absolute Gasteiger partial charge is 0.454 e. The number of nitrogens with one attached hydrogen (secondary N) is 1. The highest BCUT2D eigenvalue weighted by atomic mass is 16.7. The molecule has 6 nitrogen and oxygen atoms in total. The van der Waals surface area contributed by atoms with E-state index in [-0.39, 0.29) is 19.2 Å². The summed E-state index contributed by atoms with van der Waals surface area (Å²) < 4.78 is 12.8. The number of para-hydroxylation sites is 2. The van der Waals surface area contributed by atoms with Crippen molar-refractivity contribution in [1.29, 1.82) is 0 Å². The fourth-order valence-electron chi connectivity index (χ4n) is 3.89. The minimum Gasteiger partial charge on any atom is -0.454 e. The van der Waals surface area contributed by atoms with Gasteiger partial charge in [-0.3, -0.25) is 4.79 Å². The molecule has 5 rings (SSSR count). The Morgan fingerprint density at radius 2 is 1.87 bits per heavy atom. The van der Waals surface area contributed by atoms with Crippen molar-refractivity contribution in [2.75, 3.05) is 6.79 Å². The molecule has 0 saturated heterocycles. The fraction of sp³-hybridized carbons (Fsp3) is 0.200. The number of benzene rings is 3. The van der Waals surface area contributed by atoms with Crippen molar-refractivity contribution in [3.05, 3.63) is 89.2 Å². The van der Waals surface area contributed by atoms with Crippen molar-refractivity contribution in [1.82, 2.24) is 14.9 Å². The highest BCUT2D eigenvalue weighted by Gasteiger charge is 2.16. The van der Waals surface area contributed by atoms with Gasteiger partial charge in [-0.2, -0.15) is 0 Å². The van der Waals surface area contributed by atoms with Gasteiger partial charge in [-0.05, 0) is 42.3 Å². The van der Waals surface area contributed by atoms with E-state index < -0.39 is 0 Å². The topological polar surface area (TPSA) is 65.4 Å². The van der Waals surface area contributed by atoms with Gasteiger partial charge in [0.15, 0.2) is 11.5 Å². The molecular formula is C25H23N3O3. The Hall–Kier alpha value is -3.80. The summed E-state index contributed by atoms with van der Waals surface area (Å²) in [5, 5.41) is 3.01. The Labute approximate surface area is 180 Å². The average Bonchev–Trinajstić information content (AvgIpc) is 3.37. The maximum atomic E-state index is 12.8. The lowest BCUT2D eigenvalue weighted by Gasteiger charge is -2.11. The number of fused-ring (bicyclic) bond motifs is 2. The van der Waals surface area contributed by atoms with Crippen LogP contribution in [-0.2, 0) is 24.3 Å². The van der Waals surface area contributed by atoms with Crippen LogP contribution >= 0.6 is 0 Å². The molecule has 6 heteroatoms. The lowest BCUT2D eigenvalue weighted by atomic mass is 10.1. The monoisotopic (exact) mass is 413 g/mol. The van der Waals surface area contributed by atoms with Gasteiger partial charge in [-0.25, -0.2) is 4.98 Å².